The van der Waals surface area contributed by atoms with E-state index in [1.807, 2.05) is 13.0 Å². The Hall–Kier alpha value is -3.06. The second-order valence-electron chi connectivity index (χ2n) is 6.43. The maximum absolute atomic E-state index is 12.3. The van der Waals surface area contributed by atoms with E-state index in [1.54, 1.807) is 36.4 Å². The summed E-state index contributed by atoms with van der Waals surface area (Å²) in [4.78, 5) is 35.3. The zero-order valence-electron chi connectivity index (χ0n) is 16.2. The number of primary amides is 1. The van der Waals surface area contributed by atoms with E-state index in [-0.39, 0.29) is 31.2 Å². The van der Waals surface area contributed by atoms with Gasteiger partial charge in [-0.15, -0.1) is 0 Å². The van der Waals surface area contributed by atoms with Crippen molar-refractivity contribution < 1.29 is 19.1 Å². The van der Waals surface area contributed by atoms with Gasteiger partial charge in [0.25, 0.3) is 5.91 Å². The highest BCUT2D eigenvalue weighted by atomic mass is 35.5. The van der Waals surface area contributed by atoms with Gasteiger partial charge in [0.05, 0.1) is 17.9 Å². The van der Waals surface area contributed by atoms with Crippen molar-refractivity contribution in [2.45, 2.75) is 26.2 Å². The van der Waals surface area contributed by atoms with Gasteiger partial charge in [-0.05, 0) is 49.2 Å². The average Bonchev–Trinajstić information content (AvgIpc) is 2.66. The molecule has 2 rings (SSSR count). The number of ether oxygens (including phenoxy) is 1. The van der Waals surface area contributed by atoms with Crippen LogP contribution < -0.4 is 21.1 Å². The van der Waals surface area contributed by atoms with Gasteiger partial charge >= 0.3 is 0 Å². The van der Waals surface area contributed by atoms with Crippen LogP contribution in [-0.2, 0) is 9.59 Å². The number of carbonyl (C=O) groups excluding carboxylic acids is 3. The van der Waals surface area contributed by atoms with Gasteiger partial charge in [-0.25, -0.2) is 0 Å². The van der Waals surface area contributed by atoms with Gasteiger partial charge in [0.15, 0.2) is 0 Å². The topological polar surface area (TPSA) is 111 Å². The predicted molar refractivity (Wildman–Crippen MR) is 112 cm³/mol. The first-order chi connectivity index (χ1) is 13.9. The maximum atomic E-state index is 12.3. The molecule has 4 N–H and O–H groups in total. The molecule has 0 spiro atoms. The summed E-state index contributed by atoms with van der Waals surface area (Å²) in [6.45, 7) is 2.42. The van der Waals surface area contributed by atoms with E-state index in [1.165, 1.54) is 0 Å². The Balaban J connectivity index is 1.82. The monoisotopic (exact) mass is 417 g/mol. The van der Waals surface area contributed by atoms with Crippen molar-refractivity contribution >= 4 is 35.0 Å². The molecule has 0 aliphatic rings. The zero-order valence-corrected chi connectivity index (χ0v) is 16.9. The fourth-order valence-corrected chi connectivity index (χ4v) is 2.81. The molecule has 0 saturated carbocycles. The van der Waals surface area contributed by atoms with Gasteiger partial charge < -0.3 is 21.1 Å². The molecule has 0 aliphatic heterocycles. The Kier molecular flexibility index (Phi) is 8.48. The molecule has 0 bridgehead atoms. The summed E-state index contributed by atoms with van der Waals surface area (Å²) < 4.78 is 5.68. The zero-order chi connectivity index (χ0) is 21.2. The number of halogens is 1. The number of carbonyl (C=O) groups is 3. The van der Waals surface area contributed by atoms with Crippen molar-refractivity contribution in [3.8, 4) is 5.75 Å². The second-order valence-corrected chi connectivity index (χ2v) is 6.86. The van der Waals surface area contributed by atoms with E-state index in [0.717, 1.165) is 11.3 Å². The number of para-hydroxylation sites is 1. The van der Waals surface area contributed by atoms with E-state index in [4.69, 9.17) is 22.1 Å². The summed E-state index contributed by atoms with van der Waals surface area (Å²) in [5.74, 6) is -0.377. The molecule has 0 saturated heterocycles. The van der Waals surface area contributed by atoms with Gasteiger partial charge in [-0.1, -0.05) is 23.7 Å². The Bertz CT molecular complexity index is 886. The van der Waals surface area contributed by atoms with Crippen molar-refractivity contribution in [1.29, 1.82) is 0 Å². The number of anilines is 1. The molecule has 154 valence electrons. The predicted octanol–water partition coefficient (Wildman–Crippen LogP) is 3.05. The lowest BCUT2D eigenvalue weighted by atomic mass is 10.1. The standard InChI is InChI=1S/C21H24ClN3O4/c1-14-13-15(22)8-9-18(14)29-12-4-7-20(27)25-17-6-3-2-5-16(17)21(28)24-11-10-19(23)26/h2-3,5-6,8-9,13H,4,7,10-12H2,1H3,(H2,23,26)(H,24,28)(H,25,27). The van der Waals surface area contributed by atoms with Crippen molar-refractivity contribution in [3.63, 3.8) is 0 Å². The van der Waals surface area contributed by atoms with E-state index in [9.17, 15) is 14.4 Å². The molecule has 2 aromatic carbocycles. The molecular formula is C21H24ClN3O4. The molecule has 29 heavy (non-hydrogen) atoms. The van der Waals surface area contributed by atoms with Gasteiger partial charge in [0, 0.05) is 24.4 Å². The SMILES string of the molecule is Cc1cc(Cl)ccc1OCCCC(=O)Nc1ccccc1C(=O)NCCC(N)=O. The van der Waals surface area contributed by atoms with E-state index in [0.29, 0.717) is 29.3 Å². The summed E-state index contributed by atoms with van der Waals surface area (Å²) in [6, 6.07) is 12.0. The minimum atomic E-state index is -0.497. The normalized spacial score (nSPS) is 10.3. The van der Waals surface area contributed by atoms with Crippen LogP contribution in [0.2, 0.25) is 5.02 Å². The van der Waals surface area contributed by atoms with Gasteiger partial charge in [0.1, 0.15) is 5.75 Å². The molecule has 0 atom stereocenters. The lowest BCUT2D eigenvalue weighted by molar-refractivity contribution is -0.118. The summed E-state index contributed by atoms with van der Waals surface area (Å²) in [7, 11) is 0. The van der Waals surface area contributed by atoms with Crippen LogP contribution in [0.15, 0.2) is 42.5 Å². The lowest BCUT2D eigenvalue weighted by Gasteiger charge is -2.12. The van der Waals surface area contributed by atoms with E-state index < -0.39 is 5.91 Å². The number of amides is 3. The summed E-state index contributed by atoms with van der Waals surface area (Å²) in [6.07, 6.45) is 0.804. The third kappa shape index (κ3) is 7.46. The molecular weight excluding hydrogens is 394 g/mol. The summed E-state index contributed by atoms with van der Waals surface area (Å²) in [5, 5.41) is 5.99. The minimum absolute atomic E-state index is 0.0490. The first kappa shape index (κ1) is 22.2. The van der Waals surface area contributed by atoms with Gasteiger partial charge in [-0.3, -0.25) is 14.4 Å². The Morgan fingerprint density at radius 2 is 1.86 bits per heavy atom. The first-order valence-corrected chi connectivity index (χ1v) is 9.59. The van der Waals surface area contributed by atoms with Gasteiger partial charge in [0.2, 0.25) is 11.8 Å². The Morgan fingerprint density at radius 1 is 1.10 bits per heavy atom. The molecule has 0 fully saturated rings. The number of aryl methyl sites for hydroxylation is 1. The summed E-state index contributed by atoms with van der Waals surface area (Å²) in [5.41, 5.74) is 6.71. The second kappa shape index (κ2) is 11.1. The number of nitrogens with two attached hydrogens (primary N) is 1. The van der Waals surface area contributed by atoms with Crippen LogP contribution in [0.5, 0.6) is 5.75 Å². The van der Waals surface area contributed by atoms with Crippen LogP contribution in [0.1, 0.15) is 35.2 Å². The van der Waals surface area contributed by atoms with Crippen molar-refractivity contribution in [3.05, 3.63) is 58.6 Å². The highest BCUT2D eigenvalue weighted by molar-refractivity contribution is 6.30. The van der Waals surface area contributed by atoms with Crippen LogP contribution in [0.4, 0.5) is 5.69 Å². The van der Waals surface area contributed by atoms with Crippen LogP contribution >= 0.6 is 11.6 Å². The number of nitrogens with one attached hydrogen (secondary N) is 2. The van der Waals surface area contributed by atoms with Crippen LogP contribution in [0, 0.1) is 6.92 Å². The average molecular weight is 418 g/mol. The molecule has 8 heteroatoms. The smallest absolute Gasteiger partial charge is 0.253 e. The van der Waals surface area contributed by atoms with Crippen LogP contribution in [0.3, 0.4) is 0 Å². The number of rotatable bonds is 10. The first-order valence-electron chi connectivity index (χ1n) is 9.21. The fraction of sp³-hybridized carbons (Fsp3) is 0.286. The molecule has 0 heterocycles. The van der Waals surface area contributed by atoms with Crippen LogP contribution in [0.25, 0.3) is 0 Å². The quantitative estimate of drug-likeness (QED) is 0.516. The fourth-order valence-electron chi connectivity index (χ4n) is 2.59. The van der Waals surface area contributed by atoms with E-state index >= 15 is 0 Å². The number of benzene rings is 2. The molecule has 0 aliphatic carbocycles. The lowest BCUT2D eigenvalue weighted by Crippen LogP contribution is -2.28. The maximum Gasteiger partial charge on any atom is 0.253 e. The molecule has 0 aromatic heterocycles. The van der Waals surface area contributed by atoms with Crippen molar-refractivity contribution in [2.75, 3.05) is 18.5 Å². The Labute approximate surface area is 174 Å². The van der Waals surface area contributed by atoms with Crippen molar-refractivity contribution in [1.82, 2.24) is 5.32 Å². The van der Waals surface area contributed by atoms with Crippen molar-refractivity contribution in [2.24, 2.45) is 5.73 Å². The molecule has 0 unspecified atom stereocenters. The third-order valence-corrected chi connectivity index (χ3v) is 4.28. The van der Waals surface area contributed by atoms with E-state index in [2.05, 4.69) is 10.6 Å². The molecule has 0 radical (unpaired) electrons. The highest BCUT2D eigenvalue weighted by Crippen LogP contribution is 2.22. The third-order valence-electron chi connectivity index (χ3n) is 4.05. The number of hydrogen-bond acceptors (Lipinski definition) is 4. The highest BCUT2D eigenvalue weighted by Gasteiger charge is 2.13. The van der Waals surface area contributed by atoms with Gasteiger partial charge in [-0.2, -0.15) is 0 Å². The number of hydrogen-bond donors (Lipinski definition) is 3. The largest absolute Gasteiger partial charge is 0.493 e. The van der Waals surface area contributed by atoms with Crippen LogP contribution in [-0.4, -0.2) is 30.9 Å². The molecule has 3 amide bonds. The molecule has 2 aromatic rings. The molecule has 7 nitrogen and oxygen atoms in total. The Morgan fingerprint density at radius 3 is 2.59 bits per heavy atom. The minimum Gasteiger partial charge on any atom is -0.493 e. The summed E-state index contributed by atoms with van der Waals surface area (Å²) >= 11 is 5.92.